The van der Waals surface area contributed by atoms with E-state index in [9.17, 15) is 16.8 Å². The Morgan fingerprint density at radius 3 is 0.438 bits per heavy atom. The van der Waals surface area contributed by atoms with Crippen molar-refractivity contribution in [1.29, 1.82) is 21.0 Å². The van der Waals surface area contributed by atoms with E-state index in [1.165, 1.54) is 27.7 Å². The Morgan fingerprint density at radius 1 is 0.438 bits per heavy atom. The second-order valence-corrected chi connectivity index (χ2v) is 6.57. The van der Waals surface area contributed by atoms with Gasteiger partial charge in [0.2, 0.25) is 0 Å². The van der Waals surface area contributed by atoms with Gasteiger partial charge < -0.3 is 0 Å². The Bertz CT molecular complexity index is 590. The number of hydrogen-bond donors (Lipinski definition) is 8. The van der Waals surface area contributed by atoms with Crippen LogP contribution in [0.5, 0.6) is 0 Å². The van der Waals surface area contributed by atoms with Crippen molar-refractivity contribution in [2.24, 2.45) is 0 Å². The molecule has 0 atom stereocenters. The molecular weight excluding hydrogens is 544 g/mol. The van der Waals surface area contributed by atoms with Crippen molar-refractivity contribution in [2.75, 3.05) is 0 Å². The van der Waals surface area contributed by atoms with Gasteiger partial charge in [-0.1, -0.05) is 0 Å². The summed E-state index contributed by atoms with van der Waals surface area (Å²) in [5, 5.41) is 29.3. The molecule has 0 aliphatic carbocycles. The lowest BCUT2D eigenvalue weighted by molar-refractivity contribution is 0.320. The molecule has 0 saturated carbocycles. The number of nitriles is 4. The fourth-order valence-electron chi connectivity index (χ4n) is 0. The molecular formula is C8H20F4N4O12P4. The van der Waals surface area contributed by atoms with Gasteiger partial charge in [-0.15, -0.1) is 16.8 Å². The van der Waals surface area contributed by atoms with Crippen molar-refractivity contribution in [3.8, 4) is 24.3 Å². The highest BCUT2D eigenvalue weighted by Gasteiger charge is 2.06. The lowest BCUT2D eigenvalue weighted by atomic mass is 11.0. The van der Waals surface area contributed by atoms with E-state index in [0.717, 1.165) is 0 Å². The summed E-state index contributed by atoms with van der Waals surface area (Å²) in [5.74, 6) is 0. The summed E-state index contributed by atoms with van der Waals surface area (Å²) >= 11 is 0. The first-order chi connectivity index (χ1) is 13.7. The summed E-state index contributed by atoms with van der Waals surface area (Å²) < 4.78 is 76.1. The van der Waals surface area contributed by atoms with Gasteiger partial charge in [0, 0.05) is 27.7 Å². The normalized spacial score (nSPS) is 8.38. The molecule has 24 heteroatoms. The van der Waals surface area contributed by atoms with E-state index >= 15 is 0 Å². The topological polar surface area (TPSA) is 325 Å². The van der Waals surface area contributed by atoms with Crippen molar-refractivity contribution in [1.82, 2.24) is 0 Å². The van der Waals surface area contributed by atoms with Crippen molar-refractivity contribution >= 4 is 31.6 Å². The predicted octanol–water partition coefficient (Wildman–Crippen LogP) is 2.31. The van der Waals surface area contributed by atoms with Crippen LogP contribution in [0.3, 0.4) is 0 Å². The van der Waals surface area contributed by atoms with E-state index in [4.69, 9.17) is 78.5 Å². The van der Waals surface area contributed by atoms with Crippen LogP contribution in [-0.4, -0.2) is 39.1 Å². The molecule has 0 bridgehead atoms. The summed E-state index contributed by atoms with van der Waals surface area (Å²) in [5.41, 5.74) is 0. The zero-order chi connectivity index (χ0) is 28.8. The molecule has 0 radical (unpaired) electrons. The summed E-state index contributed by atoms with van der Waals surface area (Å²) in [6, 6.07) is 7.00. The largest absolute Gasteiger partial charge is 0.507 e. The predicted molar refractivity (Wildman–Crippen MR) is 97.8 cm³/mol. The standard InChI is InChI=1S/4C2H3N.4FH2O3P/c4*1-2-3;4*1-5(2,3)4/h4*1H3;4*(H2,2,3,4). The third-order valence-electron chi connectivity index (χ3n) is 0. The quantitative estimate of drug-likeness (QED) is 0.154. The van der Waals surface area contributed by atoms with Crippen LogP contribution in [0, 0.1) is 45.3 Å². The van der Waals surface area contributed by atoms with Gasteiger partial charge in [-0.3, -0.25) is 39.1 Å². The lowest BCUT2D eigenvalue weighted by Gasteiger charge is -1.78. The van der Waals surface area contributed by atoms with Gasteiger partial charge in [0.1, 0.15) is 0 Å². The van der Waals surface area contributed by atoms with Gasteiger partial charge in [-0.2, -0.15) is 21.0 Å². The smallest absolute Gasteiger partial charge is 0.299 e. The van der Waals surface area contributed by atoms with Gasteiger partial charge >= 0.3 is 31.6 Å². The minimum Gasteiger partial charge on any atom is -0.299 e. The summed E-state index contributed by atoms with van der Waals surface area (Å²) in [6.45, 7) is 5.72. The van der Waals surface area contributed by atoms with Crippen LogP contribution in [0.1, 0.15) is 27.7 Å². The van der Waals surface area contributed by atoms with E-state index in [1.54, 1.807) is 24.3 Å². The maximum Gasteiger partial charge on any atom is 0.507 e. The van der Waals surface area contributed by atoms with Crippen molar-refractivity contribution < 1.29 is 74.2 Å². The molecule has 0 aromatic carbocycles. The molecule has 0 saturated heterocycles. The molecule has 0 spiro atoms. The van der Waals surface area contributed by atoms with E-state index in [-0.39, 0.29) is 0 Å². The third kappa shape index (κ3) is 7110. The van der Waals surface area contributed by atoms with Crippen molar-refractivity contribution in [3.63, 3.8) is 0 Å². The highest BCUT2D eigenvalue weighted by Crippen LogP contribution is 2.36. The second kappa shape index (κ2) is 33.9. The minimum atomic E-state index is -5.14. The maximum atomic E-state index is 10.4. The van der Waals surface area contributed by atoms with Gasteiger partial charge in [0.15, 0.2) is 0 Å². The number of nitrogens with zero attached hydrogens (tertiary/aromatic N) is 4. The first kappa shape index (κ1) is 52.3. The van der Waals surface area contributed by atoms with Crippen LogP contribution in [0.15, 0.2) is 0 Å². The average Bonchev–Trinajstić information content (AvgIpc) is 2.32. The Labute approximate surface area is 179 Å². The van der Waals surface area contributed by atoms with E-state index in [1.807, 2.05) is 0 Å². The molecule has 32 heavy (non-hydrogen) atoms. The molecule has 192 valence electrons. The molecule has 0 aliphatic rings. The van der Waals surface area contributed by atoms with Crippen molar-refractivity contribution in [3.05, 3.63) is 0 Å². The molecule has 0 fully saturated rings. The average molecular weight is 564 g/mol. The van der Waals surface area contributed by atoms with E-state index < -0.39 is 31.6 Å². The van der Waals surface area contributed by atoms with Gasteiger partial charge in [-0.05, 0) is 0 Å². The molecule has 0 aromatic heterocycles. The molecule has 8 N–H and O–H groups in total. The second-order valence-electron chi connectivity index (χ2n) is 2.79. The van der Waals surface area contributed by atoms with Crippen LogP contribution in [0.25, 0.3) is 0 Å². The SMILES string of the molecule is CC#N.CC#N.CC#N.CC#N.O=P(O)(O)F.O=P(O)(O)F.O=P(O)(O)F.O=P(O)(O)F. The molecule has 0 aromatic rings. The fourth-order valence-corrected chi connectivity index (χ4v) is 0. The Hall–Kier alpha value is -1.72. The van der Waals surface area contributed by atoms with E-state index in [0.29, 0.717) is 0 Å². The third-order valence-corrected chi connectivity index (χ3v) is 0. The first-order valence-electron chi connectivity index (χ1n) is 5.90. The number of halogens is 4. The van der Waals surface area contributed by atoms with Crippen LogP contribution in [0.2, 0.25) is 0 Å². The monoisotopic (exact) mass is 564 g/mol. The molecule has 0 rings (SSSR count). The fraction of sp³-hybridized carbons (Fsp3) is 0.500. The maximum absolute atomic E-state index is 10.4. The highest BCUT2D eigenvalue weighted by molar-refractivity contribution is 7.46. The Morgan fingerprint density at radius 2 is 0.438 bits per heavy atom. The van der Waals surface area contributed by atoms with Gasteiger partial charge in [-0.25, -0.2) is 18.3 Å². The van der Waals surface area contributed by atoms with Crippen molar-refractivity contribution in [2.45, 2.75) is 27.7 Å². The number of hydrogen-bond acceptors (Lipinski definition) is 8. The minimum absolute atomic E-state index is 1.43. The first-order valence-corrected chi connectivity index (χ1v) is 11.9. The van der Waals surface area contributed by atoms with Crippen LogP contribution in [0.4, 0.5) is 16.8 Å². The van der Waals surface area contributed by atoms with Gasteiger partial charge in [0.25, 0.3) is 0 Å². The van der Waals surface area contributed by atoms with Crippen LogP contribution in [-0.2, 0) is 18.3 Å². The summed E-state index contributed by atoms with van der Waals surface area (Å²) in [4.78, 5) is 55.7. The molecule has 0 heterocycles. The Balaban J connectivity index is -0.0000000347. The van der Waals surface area contributed by atoms with Gasteiger partial charge in [0.05, 0.1) is 24.3 Å². The molecule has 0 aliphatic heterocycles. The molecule has 0 amide bonds. The van der Waals surface area contributed by atoms with E-state index in [2.05, 4.69) is 0 Å². The molecule has 16 nitrogen and oxygen atoms in total. The zero-order valence-corrected chi connectivity index (χ0v) is 19.9. The lowest BCUT2D eigenvalue weighted by Crippen LogP contribution is -1.56. The van der Waals surface area contributed by atoms with Crippen LogP contribution < -0.4 is 0 Å². The molecule has 0 unspecified atom stereocenters. The Kier molecular flexibility index (Phi) is 55.4. The highest BCUT2D eigenvalue weighted by atomic mass is 31.2. The summed E-state index contributed by atoms with van der Waals surface area (Å²) in [6.07, 6.45) is 0. The van der Waals surface area contributed by atoms with Crippen LogP contribution >= 0.6 is 31.6 Å². The summed E-state index contributed by atoms with van der Waals surface area (Å²) in [7, 11) is -20.6. The zero-order valence-electron chi connectivity index (χ0n) is 16.3. The number of rotatable bonds is 0.